The van der Waals surface area contributed by atoms with E-state index >= 15 is 0 Å². The summed E-state index contributed by atoms with van der Waals surface area (Å²) in [6, 6.07) is 7.82. The molecule has 0 unspecified atom stereocenters. The maximum absolute atomic E-state index is 13.0. The van der Waals surface area contributed by atoms with Gasteiger partial charge in [0.1, 0.15) is 0 Å². The third-order valence-corrected chi connectivity index (χ3v) is 5.88. The molecule has 0 saturated carbocycles. The number of halogens is 6. The van der Waals surface area contributed by atoms with Crippen molar-refractivity contribution < 1.29 is 36.2 Å². The molecule has 2 aromatic carbocycles. The fourth-order valence-electron chi connectivity index (χ4n) is 4.26. The molecular weight excluding hydrogens is 448 g/mol. The molecule has 1 heterocycles. The fourth-order valence-corrected chi connectivity index (χ4v) is 4.26. The first-order valence-electron chi connectivity index (χ1n) is 10.2. The smallest absolute Gasteiger partial charge is 0.416 e. The highest BCUT2D eigenvalue weighted by atomic mass is 19.4. The van der Waals surface area contributed by atoms with Gasteiger partial charge in [-0.25, -0.2) is 0 Å². The van der Waals surface area contributed by atoms with Crippen LogP contribution in [-0.4, -0.2) is 22.5 Å². The number of piperidine rings is 1. The van der Waals surface area contributed by atoms with Gasteiger partial charge >= 0.3 is 18.3 Å². The lowest BCUT2D eigenvalue weighted by Gasteiger charge is -2.42. The first-order valence-corrected chi connectivity index (χ1v) is 10.2. The number of hydrogen-bond donors (Lipinski definition) is 1. The summed E-state index contributed by atoms with van der Waals surface area (Å²) in [6.07, 6.45) is -2.52. The third-order valence-electron chi connectivity index (χ3n) is 5.88. The molecule has 3 atom stereocenters. The van der Waals surface area contributed by atoms with Gasteiger partial charge in [-0.2, -0.15) is 26.3 Å². The van der Waals surface area contributed by atoms with Crippen molar-refractivity contribution in [2.75, 3.05) is 6.54 Å². The molecule has 1 aliphatic heterocycles. The van der Waals surface area contributed by atoms with Crippen molar-refractivity contribution >= 4 is 5.97 Å². The third kappa shape index (κ3) is 5.88. The standard InChI is InChI=1S/C24H21F6NO2/c1-2-20(16-3-7-18(8-4-16)23(25,26)27)31-12-11-15(14-22(32)33)13-21(31)17-5-9-19(10-6-17)24(28,29)30/h1,3-10,15,20-21H,11-14H2,(H,32,33)/t15-,20-,21+/m1/s1. The number of rotatable bonds is 5. The topological polar surface area (TPSA) is 40.5 Å². The van der Waals surface area contributed by atoms with Crippen LogP contribution < -0.4 is 0 Å². The van der Waals surface area contributed by atoms with E-state index < -0.39 is 41.5 Å². The van der Waals surface area contributed by atoms with Gasteiger partial charge in [0.05, 0.1) is 17.2 Å². The van der Waals surface area contributed by atoms with Crippen molar-refractivity contribution in [3.63, 3.8) is 0 Å². The number of alkyl halides is 6. The Labute approximate surface area is 187 Å². The number of benzene rings is 2. The lowest BCUT2D eigenvalue weighted by molar-refractivity contribution is -0.139. The van der Waals surface area contributed by atoms with E-state index in [4.69, 9.17) is 6.42 Å². The van der Waals surface area contributed by atoms with Crippen molar-refractivity contribution in [1.82, 2.24) is 4.90 Å². The maximum atomic E-state index is 13.0. The molecule has 1 aliphatic rings. The Morgan fingerprint density at radius 2 is 1.52 bits per heavy atom. The van der Waals surface area contributed by atoms with Crippen LogP contribution in [0.5, 0.6) is 0 Å². The second-order valence-electron chi connectivity index (χ2n) is 8.05. The quantitative estimate of drug-likeness (QED) is 0.411. The van der Waals surface area contributed by atoms with E-state index in [2.05, 4.69) is 5.92 Å². The minimum atomic E-state index is -4.50. The molecule has 0 aromatic heterocycles. The molecule has 0 amide bonds. The van der Waals surface area contributed by atoms with Crippen LogP contribution in [0.2, 0.25) is 0 Å². The Morgan fingerprint density at radius 3 is 1.97 bits per heavy atom. The zero-order valence-corrected chi connectivity index (χ0v) is 17.3. The summed E-state index contributed by atoms with van der Waals surface area (Å²) in [5.41, 5.74) is -0.655. The fraction of sp³-hybridized carbons (Fsp3) is 0.375. The average Bonchev–Trinajstić information content (AvgIpc) is 2.74. The summed E-state index contributed by atoms with van der Waals surface area (Å²) < 4.78 is 77.7. The Morgan fingerprint density at radius 1 is 1.00 bits per heavy atom. The van der Waals surface area contributed by atoms with E-state index in [9.17, 15) is 36.2 Å². The molecule has 0 spiro atoms. The van der Waals surface area contributed by atoms with Crippen LogP contribution in [0.4, 0.5) is 26.3 Å². The van der Waals surface area contributed by atoms with Gasteiger partial charge in [-0.05, 0) is 54.2 Å². The molecule has 176 valence electrons. The molecule has 3 rings (SSSR count). The largest absolute Gasteiger partial charge is 0.481 e. The molecule has 2 aromatic rings. The molecule has 1 N–H and O–H groups in total. The molecular formula is C24H21F6NO2. The monoisotopic (exact) mass is 469 g/mol. The Hall–Kier alpha value is -2.99. The lowest BCUT2D eigenvalue weighted by Crippen LogP contribution is -2.39. The summed E-state index contributed by atoms with van der Waals surface area (Å²) in [5, 5.41) is 9.18. The van der Waals surface area contributed by atoms with Gasteiger partial charge in [0.15, 0.2) is 0 Å². The molecule has 33 heavy (non-hydrogen) atoms. The number of likely N-dealkylation sites (tertiary alicyclic amines) is 1. The molecule has 1 saturated heterocycles. The van der Waals surface area contributed by atoms with Gasteiger partial charge < -0.3 is 5.11 Å². The zero-order valence-electron chi connectivity index (χ0n) is 17.3. The van der Waals surface area contributed by atoms with Crippen molar-refractivity contribution in [3.05, 3.63) is 70.8 Å². The first-order chi connectivity index (χ1) is 15.4. The van der Waals surface area contributed by atoms with E-state index in [0.29, 0.717) is 30.5 Å². The molecule has 3 nitrogen and oxygen atoms in total. The number of nitrogens with zero attached hydrogens (tertiary/aromatic N) is 1. The van der Waals surface area contributed by atoms with Crippen molar-refractivity contribution in [1.29, 1.82) is 0 Å². The predicted molar refractivity (Wildman–Crippen MR) is 109 cm³/mol. The van der Waals surface area contributed by atoms with Crippen molar-refractivity contribution in [2.45, 2.75) is 43.7 Å². The SMILES string of the molecule is C#C[C@H](c1ccc(C(F)(F)F)cc1)N1CC[C@@H](CC(=O)O)C[C@H]1c1ccc(C(F)(F)F)cc1. The zero-order chi connectivity index (χ0) is 24.4. The van der Waals surface area contributed by atoms with Crippen molar-refractivity contribution in [3.8, 4) is 12.3 Å². The van der Waals surface area contributed by atoms with Gasteiger partial charge in [-0.1, -0.05) is 30.2 Å². The number of hydrogen-bond acceptors (Lipinski definition) is 2. The van der Waals surface area contributed by atoms with Crippen LogP contribution in [0.15, 0.2) is 48.5 Å². The second kappa shape index (κ2) is 9.48. The highest BCUT2D eigenvalue weighted by Crippen LogP contribution is 2.42. The van der Waals surface area contributed by atoms with Gasteiger partial charge in [0.25, 0.3) is 0 Å². The van der Waals surface area contributed by atoms with E-state index in [1.54, 1.807) is 0 Å². The molecule has 9 heteroatoms. The van der Waals surface area contributed by atoms with E-state index in [1.807, 2.05) is 4.90 Å². The summed E-state index contributed by atoms with van der Waals surface area (Å²) >= 11 is 0. The van der Waals surface area contributed by atoms with E-state index in [1.165, 1.54) is 24.3 Å². The van der Waals surface area contributed by atoms with Crippen LogP contribution in [0.1, 0.15) is 53.6 Å². The summed E-state index contributed by atoms with van der Waals surface area (Å²) in [4.78, 5) is 13.0. The number of carboxylic acids is 1. The van der Waals surface area contributed by atoms with Crippen LogP contribution in [0, 0.1) is 18.3 Å². The van der Waals surface area contributed by atoms with E-state index in [-0.39, 0.29) is 12.3 Å². The summed E-state index contributed by atoms with van der Waals surface area (Å²) in [5.74, 6) is 1.40. The van der Waals surface area contributed by atoms with Crippen LogP contribution >= 0.6 is 0 Å². The predicted octanol–water partition coefficient (Wildman–Crippen LogP) is 6.33. The van der Waals surface area contributed by atoms with Crippen LogP contribution in [0.25, 0.3) is 0 Å². The number of terminal acetylenes is 1. The molecule has 1 fully saturated rings. The Bertz CT molecular complexity index is 1010. The number of carboxylic acid groups (broad SMARTS) is 1. The highest BCUT2D eigenvalue weighted by Gasteiger charge is 2.36. The van der Waals surface area contributed by atoms with Crippen molar-refractivity contribution in [2.24, 2.45) is 5.92 Å². The van der Waals surface area contributed by atoms with Crippen LogP contribution in [0.3, 0.4) is 0 Å². The average molecular weight is 469 g/mol. The molecule has 0 radical (unpaired) electrons. The summed E-state index contributed by atoms with van der Waals surface area (Å²) in [7, 11) is 0. The van der Waals surface area contributed by atoms with Gasteiger partial charge in [-0.15, -0.1) is 6.42 Å². The maximum Gasteiger partial charge on any atom is 0.416 e. The number of carbonyl (C=O) groups is 1. The van der Waals surface area contributed by atoms with E-state index in [0.717, 1.165) is 24.3 Å². The Balaban J connectivity index is 1.94. The first kappa shape index (κ1) is 24.6. The highest BCUT2D eigenvalue weighted by molar-refractivity contribution is 5.67. The van der Waals surface area contributed by atoms with Gasteiger partial charge in [0, 0.05) is 19.0 Å². The molecule has 0 aliphatic carbocycles. The normalized spacial score (nSPS) is 20.8. The molecule has 0 bridgehead atoms. The van der Waals surface area contributed by atoms with Gasteiger partial charge in [0.2, 0.25) is 0 Å². The van der Waals surface area contributed by atoms with Gasteiger partial charge in [-0.3, -0.25) is 9.69 Å². The minimum absolute atomic E-state index is 0.0913. The Kier molecular flexibility index (Phi) is 7.08. The lowest BCUT2D eigenvalue weighted by atomic mass is 9.83. The van der Waals surface area contributed by atoms with Crippen LogP contribution in [-0.2, 0) is 17.1 Å². The minimum Gasteiger partial charge on any atom is -0.481 e. The second-order valence-corrected chi connectivity index (χ2v) is 8.05. The number of aliphatic carboxylic acids is 1. The summed E-state index contributed by atoms with van der Waals surface area (Å²) in [6.45, 7) is 0.347.